The van der Waals surface area contributed by atoms with Crippen LogP contribution in [0, 0.1) is 0 Å². The number of H-pyrrole nitrogens is 1. The summed E-state index contributed by atoms with van der Waals surface area (Å²) in [6.07, 6.45) is 3.60. The third-order valence-corrected chi connectivity index (χ3v) is 4.81. The van der Waals surface area contributed by atoms with Crippen LogP contribution in [0.25, 0.3) is 10.9 Å². The number of amides is 1. The maximum absolute atomic E-state index is 12.8. The third kappa shape index (κ3) is 2.46. The van der Waals surface area contributed by atoms with Gasteiger partial charge in [0.25, 0.3) is 5.91 Å². The maximum atomic E-state index is 12.8. The largest absolute Gasteiger partial charge is 0.337 e. The van der Waals surface area contributed by atoms with E-state index >= 15 is 0 Å². The lowest BCUT2D eigenvalue weighted by atomic mass is 9.95. The Labute approximate surface area is 139 Å². The predicted molar refractivity (Wildman–Crippen MR) is 89.7 cm³/mol. The average molecular weight is 324 g/mol. The number of likely N-dealkylation sites (tertiary alicyclic amines) is 1. The summed E-state index contributed by atoms with van der Waals surface area (Å²) in [6.45, 7) is 4.41. The van der Waals surface area contributed by atoms with E-state index in [9.17, 15) is 4.79 Å². The Bertz CT molecular complexity index is 859. The second-order valence-corrected chi connectivity index (χ2v) is 6.16. The zero-order chi connectivity index (χ0) is 16.5. The molecule has 1 saturated heterocycles. The molecule has 1 N–H and O–H groups in total. The number of aryl methyl sites for hydroxylation is 1. The van der Waals surface area contributed by atoms with Crippen LogP contribution >= 0.6 is 0 Å². The zero-order valence-electron chi connectivity index (χ0n) is 13.6. The van der Waals surface area contributed by atoms with E-state index in [0.29, 0.717) is 11.6 Å². The molecule has 0 radical (unpaired) electrons. The number of aromatic amines is 1. The van der Waals surface area contributed by atoms with Gasteiger partial charge in [-0.15, -0.1) is 10.2 Å². The Morgan fingerprint density at radius 1 is 1.29 bits per heavy atom. The van der Waals surface area contributed by atoms with Gasteiger partial charge in [-0.2, -0.15) is 5.10 Å². The van der Waals surface area contributed by atoms with E-state index in [4.69, 9.17) is 0 Å². The minimum Gasteiger partial charge on any atom is -0.337 e. The molecule has 3 aromatic rings. The van der Waals surface area contributed by atoms with Gasteiger partial charge < -0.3 is 9.47 Å². The van der Waals surface area contributed by atoms with Crippen molar-refractivity contribution in [3.8, 4) is 0 Å². The molecule has 24 heavy (non-hydrogen) atoms. The number of benzene rings is 1. The number of piperidine rings is 1. The first-order chi connectivity index (χ1) is 11.8. The van der Waals surface area contributed by atoms with E-state index in [1.54, 1.807) is 6.33 Å². The number of para-hydroxylation sites is 1. The van der Waals surface area contributed by atoms with Crippen molar-refractivity contribution in [3.63, 3.8) is 0 Å². The van der Waals surface area contributed by atoms with Crippen molar-refractivity contribution in [1.82, 2.24) is 29.9 Å². The number of aromatic nitrogens is 5. The number of fused-ring (bicyclic) bond motifs is 1. The number of carbonyl (C=O) groups is 1. The first-order valence-electron chi connectivity index (χ1n) is 8.38. The van der Waals surface area contributed by atoms with E-state index < -0.39 is 0 Å². The van der Waals surface area contributed by atoms with E-state index in [-0.39, 0.29) is 5.91 Å². The van der Waals surface area contributed by atoms with Crippen LogP contribution in [0.3, 0.4) is 0 Å². The summed E-state index contributed by atoms with van der Waals surface area (Å²) >= 11 is 0. The average Bonchev–Trinajstić information content (AvgIpc) is 3.28. The molecule has 0 aliphatic carbocycles. The van der Waals surface area contributed by atoms with Crippen molar-refractivity contribution in [2.75, 3.05) is 13.1 Å². The quantitative estimate of drug-likeness (QED) is 0.801. The number of nitrogens with one attached hydrogen (secondary N) is 1. The SMILES string of the molecule is CCn1cnnc1C1CCN(C(=O)c2n[nH]c3ccccc23)CC1. The van der Waals surface area contributed by atoms with Gasteiger partial charge in [-0.1, -0.05) is 18.2 Å². The van der Waals surface area contributed by atoms with Crippen LogP contribution < -0.4 is 0 Å². The molecule has 1 aliphatic heterocycles. The first kappa shape index (κ1) is 14.9. The first-order valence-corrected chi connectivity index (χ1v) is 8.38. The van der Waals surface area contributed by atoms with E-state index in [1.165, 1.54) is 0 Å². The molecule has 2 aromatic heterocycles. The second kappa shape index (κ2) is 6.07. The molecule has 1 amide bonds. The van der Waals surface area contributed by atoms with Crippen molar-refractivity contribution in [2.24, 2.45) is 0 Å². The lowest BCUT2D eigenvalue weighted by Gasteiger charge is -2.31. The third-order valence-electron chi connectivity index (χ3n) is 4.81. The molecular formula is C17H20N6O. The Kier molecular flexibility index (Phi) is 3.76. The summed E-state index contributed by atoms with van der Waals surface area (Å²) < 4.78 is 2.09. The summed E-state index contributed by atoms with van der Waals surface area (Å²) in [4.78, 5) is 14.7. The molecule has 0 bridgehead atoms. The molecule has 7 heteroatoms. The Morgan fingerprint density at radius 2 is 2.08 bits per heavy atom. The van der Waals surface area contributed by atoms with Gasteiger partial charge in [0.15, 0.2) is 5.69 Å². The molecule has 4 rings (SSSR count). The fraction of sp³-hybridized carbons (Fsp3) is 0.412. The van der Waals surface area contributed by atoms with Gasteiger partial charge >= 0.3 is 0 Å². The summed E-state index contributed by atoms with van der Waals surface area (Å²) in [5.41, 5.74) is 1.41. The van der Waals surface area contributed by atoms with Gasteiger partial charge in [-0.25, -0.2) is 0 Å². The monoisotopic (exact) mass is 324 g/mol. The molecule has 1 fully saturated rings. The van der Waals surface area contributed by atoms with Crippen LogP contribution in [-0.4, -0.2) is 48.9 Å². The van der Waals surface area contributed by atoms with Crippen LogP contribution in [0.1, 0.15) is 42.0 Å². The Morgan fingerprint density at radius 3 is 2.88 bits per heavy atom. The summed E-state index contributed by atoms with van der Waals surface area (Å²) in [7, 11) is 0. The van der Waals surface area contributed by atoms with Gasteiger partial charge in [-0.05, 0) is 25.8 Å². The molecule has 0 unspecified atom stereocenters. The highest BCUT2D eigenvalue weighted by atomic mass is 16.2. The van der Waals surface area contributed by atoms with Gasteiger partial charge in [0.1, 0.15) is 12.2 Å². The normalized spacial score (nSPS) is 16.0. The second-order valence-electron chi connectivity index (χ2n) is 6.16. The minimum atomic E-state index is 0.00265. The summed E-state index contributed by atoms with van der Waals surface area (Å²) in [6, 6.07) is 7.73. The minimum absolute atomic E-state index is 0.00265. The van der Waals surface area contributed by atoms with Gasteiger partial charge in [0.05, 0.1) is 5.52 Å². The van der Waals surface area contributed by atoms with Crippen LogP contribution in [0.4, 0.5) is 0 Å². The summed E-state index contributed by atoms with van der Waals surface area (Å²) in [5.74, 6) is 1.41. The topological polar surface area (TPSA) is 79.7 Å². The molecule has 1 aliphatic rings. The highest BCUT2D eigenvalue weighted by Crippen LogP contribution is 2.28. The van der Waals surface area contributed by atoms with Crippen molar-refractivity contribution >= 4 is 16.8 Å². The molecule has 124 valence electrons. The molecule has 0 saturated carbocycles. The Balaban J connectivity index is 1.48. The molecule has 0 atom stereocenters. The molecule has 1 aromatic carbocycles. The number of rotatable bonds is 3. The number of hydrogen-bond acceptors (Lipinski definition) is 4. The highest BCUT2D eigenvalue weighted by molar-refractivity contribution is 6.04. The van der Waals surface area contributed by atoms with E-state index in [2.05, 4.69) is 31.9 Å². The van der Waals surface area contributed by atoms with Crippen LogP contribution in [0.5, 0.6) is 0 Å². The van der Waals surface area contributed by atoms with Crippen molar-refractivity contribution in [1.29, 1.82) is 0 Å². The van der Waals surface area contributed by atoms with Crippen molar-refractivity contribution in [3.05, 3.63) is 42.1 Å². The lowest BCUT2D eigenvalue weighted by molar-refractivity contribution is 0.0706. The smallest absolute Gasteiger partial charge is 0.274 e. The fourth-order valence-corrected chi connectivity index (χ4v) is 3.44. The van der Waals surface area contributed by atoms with E-state index in [1.807, 2.05) is 29.2 Å². The summed E-state index contributed by atoms with van der Waals surface area (Å²) in [5, 5.41) is 16.3. The molecular weight excluding hydrogens is 304 g/mol. The zero-order valence-corrected chi connectivity index (χ0v) is 13.6. The highest BCUT2D eigenvalue weighted by Gasteiger charge is 2.28. The number of carbonyl (C=O) groups excluding carboxylic acids is 1. The Hall–Kier alpha value is -2.70. The molecule has 3 heterocycles. The van der Waals surface area contributed by atoms with Crippen LogP contribution in [0.2, 0.25) is 0 Å². The van der Waals surface area contributed by atoms with Crippen molar-refractivity contribution < 1.29 is 4.79 Å². The van der Waals surface area contributed by atoms with Gasteiger partial charge in [-0.3, -0.25) is 9.89 Å². The van der Waals surface area contributed by atoms with Crippen molar-refractivity contribution in [2.45, 2.75) is 32.2 Å². The number of hydrogen-bond donors (Lipinski definition) is 1. The number of nitrogens with zero attached hydrogens (tertiary/aromatic N) is 5. The lowest BCUT2D eigenvalue weighted by Crippen LogP contribution is -2.38. The fourth-order valence-electron chi connectivity index (χ4n) is 3.44. The van der Waals surface area contributed by atoms with Gasteiger partial charge in [0.2, 0.25) is 0 Å². The van der Waals surface area contributed by atoms with Crippen LogP contribution in [-0.2, 0) is 6.54 Å². The predicted octanol–water partition coefficient (Wildman–Crippen LogP) is 2.19. The standard InChI is InChI=1S/C17H20N6O/c1-2-22-11-18-21-16(22)12-7-9-23(10-8-12)17(24)15-13-5-3-4-6-14(13)19-20-15/h3-6,11-12H,2,7-10H2,1H3,(H,19,20). The molecule has 0 spiro atoms. The van der Waals surface area contributed by atoms with Gasteiger partial charge in [0, 0.05) is 30.9 Å². The van der Waals surface area contributed by atoms with Crippen LogP contribution in [0.15, 0.2) is 30.6 Å². The van der Waals surface area contributed by atoms with E-state index in [0.717, 1.165) is 49.2 Å². The molecule has 7 nitrogen and oxygen atoms in total. The maximum Gasteiger partial charge on any atom is 0.274 e.